The van der Waals surface area contributed by atoms with E-state index in [4.69, 9.17) is 4.74 Å². The smallest absolute Gasteiger partial charge is 0.234 e. The summed E-state index contributed by atoms with van der Waals surface area (Å²) in [6.07, 6.45) is 4.69. The number of carbonyl (C=O) groups excluding carboxylic acids is 1. The van der Waals surface area contributed by atoms with Crippen LogP contribution in [0.25, 0.3) is 0 Å². The van der Waals surface area contributed by atoms with Crippen molar-refractivity contribution >= 4 is 5.91 Å². The lowest BCUT2D eigenvalue weighted by Gasteiger charge is -2.24. The number of carbonyl (C=O) groups is 1. The maximum atomic E-state index is 12.1. The minimum absolute atomic E-state index is 0.138. The standard InChI is InChI=1S/C16H26N4O2/c1-11-15(16(22-3)19(2)18-11)13-5-4-8-20(13)10-14(21)17-9-12-6-7-12/h12-13H,4-10H2,1-3H3,(H,17,21)/t13-/m1/s1. The zero-order valence-corrected chi connectivity index (χ0v) is 13.8. The van der Waals surface area contributed by atoms with Crippen molar-refractivity contribution in [2.24, 2.45) is 13.0 Å². The van der Waals surface area contributed by atoms with E-state index in [9.17, 15) is 4.79 Å². The maximum absolute atomic E-state index is 12.1. The van der Waals surface area contributed by atoms with Gasteiger partial charge in [-0.2, -0.15) is 5.10 Å². The van der Waals surface area contributed by atoms with Gasteiger partial charge in [0.15, 0.2) is 0 Å². The van der Waals surface area contributed by atoms with Crippen molar-refractivity contribution in [3.05, 3.63) is 11.3 Å². The monoisotopic (exact) mass is 306 g/mol. The number of aryl methyl sites for hydroxylation is 2. The third-order valence-corrected chi connectivity index (χ3v) is 4.74. The van der Waals surface area contributed by atoms with Gasteiger partial charge in [-0.05, 0) is 45.1 Å². The molecule has 2 heterocycles. The third kappa shape index (κ3) is 3.11. The second-order valence-corrected chi connectivity index (χ2v) is 6.51. The Hall–Kier alpha value is -1.56. The normalized spacial score (nSPS) is 22.0. The molecule has 0 aromatic carbocycles. The van der Waals surface area contributed by atoms with Gasteiger partial charge in [0.1, 0.15) is 0 Å². The molecule has 1 aromatic heterocycles. The fourth-order valence-electron chi connectivity index (χ4n) is 3.44. The Morgan fingerprint density at radius 2 is 2.18 bits per heavy atom. The van der Waals surface area contributed by atoms with E-state index in [-0.39, 0.29) is 11.9 Å². The number of rotatable bonds is 6. The van der Waals surface area contributed by atoms with Crippen LogP contribution in [0.2, 0.25) is 0 Å². The molecule has 0 spiro atoms. The van der Waals surface area contributed by atoms with Crippen molar-refractivity contribution in [1.82, 2.24) is 20.0 Å². The fraction of sp³-hybridized carbons (Fsp3) is 0.750. The Bertz CT molecular complexity index is 551. The Balaban J connectivity index is 1.68. The molecule has 0 unspecified atom stereocenters. The topological polar surface area (TPSA) is 59.4 Å². The van der Waals surface area contributed by atoms with Gasteiger partial charge in [0.25, 0.3) is 0 Å². The molecule has 1 aromatic rings. The van der Waals surface area contributed by atoms with Gasteiger partial charge < -0.3 is 10.1 Å². The van der Waals surface area contributed by atoms with Crippen molar-refractivity contribution in [2.75, 3.05) is 26.7 Å². The summed E-state index contributed by atoms with van der Waals surface area (Å²) < 4.78 is 7.31. The van der Waals surface area contributed by atoms with Gasteiger partial charge in [-0.25, -0.2) is 4.68 Å². The first-order valence-electron chi connectivity index (χ1n) is 8.18. The van der Waals surface area contributed by atoms with E-state index >= 15 is 0 Å². The third-order valence-electron chi connectivity index (χ3n) is 4.74. The second kappa shape index (κ2) is 6.28. The molecule has 1 N–H and O–H groups in total. The van der Waals surface area contributed by atoms with E-state index in [0.29, 0.717) is 6.54 Å². The van der Waals surface area contributed by atoms with E-state index in [2.05, 4.69) is 15.3 Å². The van der Waals surface area contributed by atoms with Crippen LogP contribution >= 0.6 is 0 Å². The highest BCUT2D eigenvalue weighted by Crippen LogP contribution is 2.38. The predicted octanol–water partition coefficient (Wildman–Crippen LogP) is 1.40. The molecule has 6 nitrogen and oxygen atoms in total. The van der Waals surface area contributed by atoms with E-state index in [1.807, 2.05) is 14.0 Å². The summed E-state index contributed by atoms with van der Waals surface area (Å²) in [5.74, 6) is 1.67. The van der Waals surface area contributed by atoms with Gasteiger partial charge in [-0.1, -0.05) is 0 Å². The van der Waals surface area contributed by atoms with Crippen LogP contribution in [-0.4, -0.2) is 47.3 Å². The van der Waals surface area contributed by atoms with E-state index in [1.54, 1.807) is 11.8 Å². The predicted molar refractivity (Wildman–Crippen MR) is 83.8 cm³/mol. The van der Waals surface area contributed by atoms with Gasteiger partial charge in [0, 0.05) is 19.6 Å². The molecule has 122 valence electrons. The Morgan fingerprint density at radius 1 is 1.41 bits per heavy atom. The van der Waals surface area contributed by atoms with E-state index in [0.717, 1.165) is 49.0 Å². The number of amides is 1. The Labute approximate surface area is 131 Å². The number of methoxy groups -OCH3 is 1. The number of hydrogen-bond donors (Lipinski definition) is 1. The number of aromatic nitrogens is 2. The highest BCUT2D eigenvalue weighted by molar-refractivity contribution is 5.78. The van der Waals surface area contributed by atoms with Crippen LogP contribution in [-0.2, 0) is 11.8 Å². The number of likely N-dealkylation sites (tertiary alicyclic amines) is 1. The molecule has 1 amide bonds. The molecule has 1 aliphatic carbocycles. The van der Waals surface area contributed by atoms with Crippen molar-refractivity contribution < 1.29 is 9.53 Å². The minimum atomic E-state index is 0.138. The van der Waals surface area contributed by atoms with Crippen LogP contribution in [0.1, 0.15) is 43.0 Å². The zero-order valence-electron chi connectivity index (χ0n) is 13.8. The van der Waals surface area contributed by atoms with Gasteiger partial charge >= 0.3 is 0 Å². The quantitative estimate of drug-likeness (QED) is 0.863. The summed E-state index contributed by atoms with van der Waals surface area (Å²) in [6, 6.07) is 0.232. The van der Waals surface area contributed by atoms with Crippen LogP contribution in [0.5, 0.6) is 5.88 Å². The lowest BCUT2D eigenvalue weighted by molar-refractivity contribution is -0.122. The van der Waals surface area contributed by atoms with Gasteiger partial charge in [-0.3, -0.25) is 9.69 Å². The molecule has 1 atom stereocenters. The highest BCUT2D eigenvalue weighted by atomic mass is 16.5. The lowest BCUT2D eigenvalue weighted by Crippen LogP contribution is -2.37. The van der Waals surface area contributed by atoms with Crippen molar-refractivity contribution in [1.29, 1.82) is 0 Å². The van der Waals surface area contributed by atoms with E-state index in [1.165, 1.54) is 12.8 Å². The van der Waals surface area contributed by atoms with Crippen LogP contribution in [0, 0.1) is 12.8 Å². The fourth-order valence-corrected chi connectivity index (χ4v) is 3.44. The minimum Gasteiger partial charge on any atom is -0.481 e. The summed E-state index contributed by atoms with van der Waals surface area (Å²) >= 11 is 0. The van der Waals surface area contributed by atoms with Crippen LogP contribution in [0.4, 0.5) is 0 Å². The first kappa shape index (κ1) is 15.3. The molecule has 0 radical (unpaired) electrons. The van der Waals surface area contributed by atoms with E-state index < -0.39 is 0 Å². The molecule has 0 bridgehead atoms. The summed E-state index contributed by atoms with van der Waals surface area (Å²) in [4.78, 5) is 14.4. The molecular formula is C16H26N4O2. The second-order valence-electron chi connectivity index (χ2n) is 6.51. The summed E-state index contributed by atoms with van der Waals surface area (Å²) in [5, 5.41) is 7.53. The molecule has 2 aliphatic rings. The summed E-state index contributed by atoms with van der Waals surface area (Å²) in [6.45, 7) is 4.28. The molecular weight excluding hydrogens is 280 g/mol. The molecule has 2 fully saturated rings. The molecule has 3 rings (SSSR count). The molecule has 6 heteroatoms. The number of nitrogens with zero attached hydrogens (tertiary/aromatic N) is 3. The number of nitrogens with one attached hydrogen (secondary N) is 1. The highest BCUT2D eigenvalue weighted by Gasteiger charge is 2.33. The first-order chi connectivity index (χ1) is 10.6. The molecule has 1 saturated heterocycles. The summed E-state index contributed by atoms with van der Waals surface area (Å²) in [5.41, 5.74) is 2.13. The zero-order chi connectivity index (χ0) is 15.7. The molecule has 1 saturated carbocycles. The molecule has 1 aliphatic heterocycles. The van der Waals surface area contributed by atoms with Crippen molar-refractivity contribution in [2.45, 2.75) is 38.6 Å². The number of ether oxygens (including phenoxy) is 1. The van der Waals surface area contributed by atoms with Gasteiger partial charge in [0.2, 0.25) is 11.8 Å². The maximum Gasteiger partial charge on any atom is 0.234 e. The van der Waals surface area contributed by atoms with Crippen molar-refractivity contribution in [3.8, 4) is 5.88 Å². The molecule has 22 heavy (non-hydrogen) atoms. The van der Waals surface area contributed by atoms with Crippen LogP contribution in [0.3, 0.4) is 0 Å². The summed E-state index contributed by atoms with van der Waals surface area (Å²) in [7, 11) is 3.58. The van der Waals surface area contributed by atoms with Gasteiger partial charge in [-0.15, -0.1) is 0 Å². The lowest BCUT2D eigenvalue weighted by atomic mass is 10.1. The van der Waals surface area contributed by atoms with Gasteiger partial charge in [0.05, 0.1) is 24.9 Å². The largest absolute Gasteiger partial charge is 0.481 e. The first-order valence-corrected chi connectivity index (χ1v) is 8.18. The average Bonchev–Trinajstić information content (AvgIpc) is 3.14. The SMILES string of the molecule is COc1c([C@H]2CCCN2CC(=O)NCC2CC2)c(C)nn1C. The van der Waals surface area contributed by atoms with Crippen LogP contribution in [0.15, 0.2) is 0 Å². The average molecular weight is 306 g/mol. The number of hydrogen-bond acceptors (Lipinski definition) is 4. The van der Waals surface area contributed by atoms with Crippen molar-refractivity contribution in [3.63, 3.8) is 0 Å². The van der Waals surface area contributed by atoms with Crippen LogP contribution < -0.4 is 10.1 Å². The Kier molecular flexibility index (Phi) is 4.38. The Morgan fingerprint density at radius 3 is 2.86 bits per heavy atom.